The van der Waals surface area contributed by atoms with Crippen LogP contribution in [0.2, 0.25) is 0 Å². The Bertz CT molecular complexity index is 1170. The van der Waals surface area contributed by atoms with Crippen LogP contribution in [-0.2, 0) is 0 Å². The molecule has 8 nitrogen and oxygen atoms in total. The minimum Gasteiger partial charge on any atom is -0.306 e. The molecule has 0 atom stereocenters. The Morgan fingerprint density at radius 1 is 1.10 bits per heavy atom. The summed E-state index contributed by atoms with van der Waals surface area (Å²) in [5.41, 5.74) is 1.34. The smallest absolute Gasteiger partial charge is 0.256 e. The predicted molar refractivity (Wildman–Crippen MR) is 103 cm³/mol. The zero-order valence-corrected chi connectivity index (χ0v) is 15.2. The van der Waals surface area contributed by atoms with Crippen LogP contribution in [0.5, 0.6) is 0 Å². The summed E-state index contributed by atoms with van der Waals surface area (Å²) < 4.78 is 17.4. The molecule has 1 aromatic carbocycles. The molecule has 144 valence electrons. The lowest BCUT2D eigenvalue weighted by molar-refractivity contribution is 0.102. The average Bonchev–Trinajstić information content (AvgIpc) is 3.28. The minimum absolute atomic E-state index is 0.188. The maximum atomic E-state index is 14.5. The molecule has 0 unspecified atom stereocenters. The number of nitrogens with zero attached hydrogens (tertiary/aromatic N) is 6. The maximum absolute atomic E-state index is 14.5. The van der Waals surface area contributed by atoms with Crippen molar-refractivity contribution >= 4 is 11.7 Å². The fourth-order valence-corrected chi connectivity index (χ4v) is 3.05. The highest BCUT2D eigenvalue weighted by Gasteiger charge is 2.28. The Morgan fingerprint density at radius 3 is 2.62 bits per heavy atom. The third-order valence-electron chi connectivity index (χ3n) is 4.67. The molecule has 9 heteroatoms. The maximum Gasteiger partial charge on any atom is 0.256 e. The fraction of sp³-hybridized carbons (Fsp3) is 0.150. The van der Waals surface area contributed by atoms with E-state index in [4.69, 9.17) is 0 Å². The molecule has 0 bridgehead atoms. The zero-order valence-electron chi connectivity index (χ0n) is 15.2. The first-order chi connectivity index (χ1) is 14.2. The van der Waals surface area contributed by atoms with E-state index in [1.165, 1.54) is 21.5 Å². The third-order valence-corrected chi connectivity index (χ3v) is 4.67. The summed E-state index contributed by atoms with van der Waals surface area (Å²) in [7, 11) is 0. The molecule has 1 fully saturated rings. The van der Waals surface area contributed by atoms with E-state index in [0.29, 0.717) is 17.7 Å². The van der Waals surface area contributed by atoms with Crippen molar-refractivity contribution < 1.29 is 9.18 Å². The van der Waals surface area contributed by atoms with Crippen LogP contribution in [0.25, 0.3) is 11.6 Å². The molecule has 3 aromatic heterocycles. The van der Waals surface area contributed by atoms with E-state index in [2.05, 4.69) is 25.5 Å². The van der Waals surface area contributed by atoms with Gasteiger partial charge in [-0.15, -0.1) is 0 Å². The number of amides is 1. The SMILES string of the molecule is O=C(Nc1cc(C2CC2)nn1-c1ncccn1)c1ccc(-n2cccn2)c(F)c1. The fourth-order valence-electron chi connectivity index (χ4n) is 3.05. The van der Waals surface area contributed by atoms with E-state index in [-0.39, 0.29) is 11.3 Å². The van der Waals surface area contributed by atoms with Gasteiger partial charge in [0.05, 0.1) is 5.69 Å². The van der Waals surface area contributed by atoms with Crippen LogP contribution in [0.15, 0.2) is 61.2 Å². The zero-order chi connectivity index (χ0) is 19.8. The molecule has 3 heterocycles. The van der Waals surface area contributed by atoms with Gasteiger partial charge in [0.25, 0.3) is 11.9 Å². The predicted octanol–water partition coefficient (Wildman–Crippen LogP) is 3.12. The summed E-state index contributed by atoms with van der Waals surface area (Å²) in [5, 5.41) is 11.4. The lowest BCUT2D eigenvalue weighted by atomic mass is 10.2. The van der Waals surface area contributed by atoms with Crippen molar-refractivity contribution in [3.05, 3.63) is 78.3 Å². The van der Waals surface area contributed by atoms with Crippen LogP contribution >= 0.6 is 0 Å². The summed E-state index contributed by atoms with van der Waals surface area (Å²) >= 11 is 0. The van der Waals surface area contributed by atoms with Crippen LogP contribution in [0.3, 0.4) is 0 Å². The van der Waals surface area contributed by atoms with Crippen LogP contribution < -0.4 is 5.32 Å². The van der Waals surface area contributed by atoms with Crippen LogP contribution in [0, 0.1) is 5.82 Å². The Balaban J connectivity index is 1.44. The van der Waals surface area contributed by atoms with Gasteiger partial charge < -0.3 is 5.32 Å². The van der Waals surface area contributed by atoms with Crippen molar-refractivity contribution in [2.45, 2.75) is 18.8 Å². The summed E-state index contributed by atoms with van der Waals surface area (Å²) in [6, 6.07) is 9.48. The molecule has 5 rings (SSSR count). The van der Waals surface area contributed by atoms with Gasteiger partial charge in [0.1, 0.15) is 17.3 Å². The average molecular weight is 389 g/mol. The second-order valence-corrected chi connectivity index (χ2v) is 6.76. The number of hydrogen-bond donors (Lipinski definition) is 1. The number of carbonyl (C=O) groups excluding carboxylic acids is 1. The van der Waals surface area contributed by atoms with E-state index in [1.54, 1.807) is 43.0 Å². The van der Waals surface area contributed by atoms with Gasteiger partial charge >= 0.3 is 0 Å². The summed E-state index contributed by atoms with van der Waals surface area (Å²) in [6.45, 7) is 0. The Hall–Kier alpha value is -3.88. The van der Waals surface area contributed by atoms with E-state index in [0.717, 1.165) is 18.5 Å². The number of rotatable bonds is 5. The van der Waals surface area contributed by atoms with Gasteiger partial charge in [-0.05, 0) is 43.2 Å². The van der Waals surface area contributed by atoms with Crippen molar-refractivity contribution in [1.29, 1.82) is 0 Å². The topological polar surface area (TPSA) is 90.5 Å². The number of nitrogens with one attached hydrogen (secondary N) is 1. The summed E-state index contributed by atoms with van der Waals surface area (Å²) in [5.74, 6) is 0.200. The molecule has 0 radical (unpaired) electrons. The molecule has 1 aliphatic carbocycles. The molecule has 1 amide bonds. The Kier molecular flexibility index (Phi) is 4.12. The summed E-state index contributed by atoms with van der Waals surface area (Å²) in [4.78, 5) is 21.2. The van der Waals surface area contributed by atoms with Crippen molar-refractivity contribution in [2.75, 3.05) is 5.32 Å². The number of anilines is 1. The first-order valence-electron chi connectivity index (χ1n) is 9.17. The number of hydrogen-bond acceptors (Lipinski definition) is 5. The van der Waals surface area contributed by atoms with Crippen molar-refractivity contribution in [2.24, 2.45) is 0 Å². The first-order valence-corrected chi connectivity index (χ1v) is 9.17. The highest BCUT2D eigenvalue weighted by Crippen LogP contribution is 2.40. The monoisotopic (exact) mass is 389 g/mol. The number of carbonyl (C=O) groups is 1. The lowest BCUT2D eigenvalue weighted by Crippen LogP contribution is -2.16. The van der Waals surface area contributed by atoms with Crippen LogP contribution in [0.4, 0.5) is 10.2 Å². The van der Waals surface area contributed by atoms with Gasteiger partial charge in [0.15, 0.2) is 0 Å². The second kappa shape index (κ2) is 6.93. The highest BCUT2D eigenvalue weighted by molar-refractivity contribution is 6.04. The quantitative estimate of drug-likeness (QED) is 0.566. The van der Waals surface area contributed by atoms with Gasteiger partial charge in [-0.1, -0.05) is 0 Å². The van der Waals surface area contributed by atoms with Crippen molar-refractivity contribution in [3.63, 3.8) is 0 Å². The van der Waals surface area contributed by atoms with E-state index in [9.17, 15) is 9.18 Å². The van der Waals surface area contributed by atoms with Gasteiger partial charge in [0, 0.05) is 42.3 Å². The molecule has 0 spiro atoms. The van der Waals surface area contributed by atoms with Gasteiger partial charge in [0.2, 0.25) is 0 Å². The molecule has 4 aromatic rings. The molecule has 29 heavy (non-hydrogen) atoms. The third kappa shape index (κ3) is 3.38. The molecular formula is C20H16FN7O. The lowest BCUT2D eigenvalue weighted by Gasteiger charge is -2.09. The Morgan fingerprint density at radius 2 is 1.93 bits per heavy atom. The molecule has 0 aliphatic heterocycles. The Labute approximate surface area is 165 Å². The number of aromatic nitrogens is 6. The van der Waals surface area contributed by atoms with Crippen molar-refractivity contribution in [3.8, 4) is 11.6 Å². The molecule has 0 saturated heterocycles. The number of halogens is 1. The van der Waals surface area contributed by atoms with E-state index < -0.39 is 11.7 Å². The minimum atomic E-state index is -0.542. The van der Waals surface area contributed by atoms with Crippen LogP contribution in [0.1, 0.15) is 34.8 Å². The van der Waals surface area contributed by atoms with Gasteiger partial charge in [-0.2, -0.15) is 14.9 Å². The number of benzene rings is 1. The van der Waals surface area contributed by atoms with Gasteiger partial charge in [-0.3, -0.25) is 4.79 Å². The highest BCUT2D eigenvalue weighted by atomic mass is 19.1. The second-order valence-electron chi connectivity index (χ2n) is 6.76. The first kappa shape index (κ1) is 17.2. The van der Waals surface area contributed by atoms with E-state index in [1.807, 2.05) is 6.07 Å². The van der Waals surface area contributed by atoms with Crippen LogP contribution in [-0.4, -0.2) is 35.4 Å². The van der Waals surface area contributed by atoms with Gasteiger partial charge in [-0.25, -0.2) is 19.0 Å². The molecule has 1 N–H and O–H groups in total. The summed E-state index contributed by atoms with van der Waals surface area (Å²) in [6.07, 6.45) is 8.55. The standard InChI is InChI=1S/C20H16FN7O/c21-15-11-14(5-6-17(15)27-10-2-9-24-27)19(29)25-18-12-16(13-3-4-13)26-28(18)20-22-7-1-8-23-20/h1-2,5-13H,3-4H2,(H,25,29). The van der Waals surface area contributed by atoms with E-state index >= 15 is 0 Å². The normalized spacial score (nSPS) is 13.4. The molecule has 1 saturated carbocycles. The molecular weight excluding hydrogens is 373 g/mol. The largest absolute Gasteiger partial charge is 0.306 e. The molecule has 1 aliphatic rings. The van der Waals surface area contributed by atoms with Crippen molar-refractivity contribution in [1.82, 2.24) is 29.5 Å².